The molecule has 0 saturated heterocycles. The van der Waals surface area contributed by atoms with Crippen molar-refractivity contribution in [3.05, 3.63) is 97.2 Å². The molecule has 0 unspecified atom stereocenters. The molecule has 8 aromatic heterocycles. The maximum absolute atomic E-state index is 11.4. The summed E-state index contributed by atoms with van der Waals surface area (Å²) in [6.45, 7) is 21.7. The quantitative estimate of drug-likeness (QED) is 0.145. The Bertz CT molecular complexity index is 3020. The van der Waals surface area contributed by atoms with E-state index in [1.54, 1.807) is 35.8 Å². The highest BCUT2D eigenvalue weighted by molar-refractivity contribution is 5.81. The van der Waals surface area contributed by atoms with Gasteiger partial charge in [0, 0.05) is 48.7 Å². The zero-order chi connectivity index (χ0) is 46.9. The van der Waals surface area contributed by atoms with E-state index in [2.05, 4.69) is 82.5 Å². The number of hydrogen-bond donors (Lipinski definition) is 6. The molecule has 0 aliphatic rings. The van der Waals surface area contributed by atoms with Crippen molar-refractivity contribution in [2.45, 2.75) is 106 Å². The summed E-state index contributed by atoms with van der Waals surface area (Å²) in [5.74, 6) is 1.12. The standard InChI is InChI=1S/C9H13N5.C8H11N5O.C8H11N5.C7H11N3O.C7H10N2O2/c1-5(2)14-4-11-7-6(3)12-9(10)13-8(7)14;1-4(2)13-3-10-5-6(13)11-8(9)12-7(5)14;1-5(2)13-4-12-6-7(9)10-3-11-8(6)13;1-5(2)10-4-3-6(8)9-7(10)11;1-5(2)9-4-3-6(10)8-7(9)11/h4-5H,1-3H3,(H2,10,12,13);3-4H,1-2H3,(H3,9,11,12,14);3-5H,1-2H3,(H2,9,10,11);3-5H,1-2H3,(H2,8,9,11);3-5H,1-2H3,(H,8,10,11). The highest BCUT2D eigenvalue weighted by Crippen LogP contribution is 2.19. The SMILES string of the molecule is CC(C)n1ccc(=O)[nH]c1=O.CC(C)n1ccc(N)nc1=O.CC(C)n1cnc2c(=O)[nH]c(N)nc21.CC(C)n1cnc2c(N)ncnc21.Cc1nc(N)nc2c1ncn2C(C)C. The molecule has 0 saturated carbocycles. The van der Waals surface area contributed by atoms with Gasteiger partial charge >= 0.3 is 11.4 Å². The Morgan fingerprint density at radius 1 is 0.524 bits per heavy atom. The third-order valence-corrected chi connectivity index (χ3v) is 8.94. The van der Waals surface area contributed by atoms with Crippen LogP contribution in [0.1, 0.15) is 105 Å². The molecule has 10 N–H and O–H groups in total. The van der Waals surface area contributed by atoms with Gasteiger partial charge in [-0.25, -0.2) is 39.5 Å². The molecule has 8 aromatic rings. The number of nitrogens with zero attached hydrogens (tertiary/aromatic N) is 14. The molecule has 24 heteroatoms. The maximum atomic E-state index is 11.4. The number of aromatic amines is 2. The van der Waals surface area contributed by atoms with Gasteiger partial charge in [-0.1, -0.05) is 0 Å². The topological polar surface area (TPSA) is 345 Å². The Morgan fingerprint density at radius 2 is 1.03 bits per heavy atom. The Hall–Kier alpha value is -7.79. The third kappa shape index (κ3) is 11.9. The Kier molecular flexibility index (Phi) is 15.7. The van der Waals surface area contributed by atoms with Gasteiger partial charge in [-0.2, -0.15) is 15.0 Å². The zero-order valence-electron chi connectivity index (χ0n) is 37.2. The number of hydrogen-bond acceptors (Lipinski definition) is 17. The number of nitrogens with one attached hydrogen (secondary N) is 2. The summed E-state index contributed by atoms with van der Waals surface area (Å²) in [5.41, 5.74) is 25.5. The minimum Gasteiger partial charge on any atom is -0.383 e. The lowest BCUT2D eigenvalue weighted by molar-refractivity contribution is 0.561. The fourth-order valence-electron chi connectivity index (χ4n) is 5.68. The van der Waals surface area contributed by atoms with Crippen molar-refractivity contribution < 1.29 is 0 Å². The largest absolute Gasteiger partial charge is 0.383 e. The van der Waals surface area contributed by atoms with E-state index < -0.39 is 0 Å². The van der Waals surface area contributed by atoms with Crippen LogP contribution < -0.4 is 45.4 Å². The first-order chi connectivity index (χ1) is 29.6. The van der Waals surface area contributed by atoms with Crippen LogP contribution >= 0.6 is 0 Å². The number of rotatable bonds is 5. The predicted molar refractivity (Wildman–Crippen MR) is 243 cm³/mol. The Morgan fingerprint density at radius 3 is 1.57 bits per heavy atom. The molecule has 0 bridgehead atoms. The van der Waals surface area contributed by atoms with E-state index in [-0.39, 0.29) is 52.4 Å². The van der Waals surface area contributed by atoms with Gasteiger partial charge in [-0.3, -0.25) is 28.7 Å². The minimum absolute atomic E-state index is 0.0827. The maximum Gasteiger partial charge on any atom is 0.349 e. The number of imidazole rings is 3. The second-order valence-electron chi connectivity index (χ2n) is 15.4. The van der Waals surface area contributed by atoms with Gasteiger partial charge in [0.25, 0.3) is 11.1 Å². The fraction of sp³-hybridized carbons (Fsp3) is 0.410. The van der Waals surface area contributed by atoms with Crippen LogP contribution in [0.2, 0.25) is 0 Å². The van der Waals surface area contributed by atoms with E-state index in [0.29, 0.717) is 40.5 Å². The fourth-order valence-corrected chi connectivity index (χ4v) is 5.68. The number of fused-ring (bicyclic) bond motifs is 3. The molecule has 0 radical (unpaired) electrons. The number of nitrogen functional groups attached to an aromatic ring is 4. The van der Waals surface area contributed by atoms with Crippen molar-refractivity contribution in [3.8, 4) is 0 Å². The first kappa shape index (κ1) is 47.9. The van der Waals surface area contributed by atoms with Gasteiger partial charge in [-0.05, 0) is 82.2 Å². The normalized spacial score (nSPS) is 11.0. The van der Waals surface area contributed by atoms with Gasteiger partial charge in [0.05, 0.1) is 24.7 Å². The average molecular weight is 869 g/mol. The van der Waals surface area contributed by atoms with Crippen molar-refractivity contribution in [1.82, 2.24) is 77.7 Å². The van der Waals surface area contributed by atoms with Crippen LogP contribution in [0.4, 0.5) is 23.5 Å². The molecular weight excluding hydrogens is 813 g/mol. The molecule has 63 heavy (non-hydrogen) atoms. The van der Waals surface area contributed by atoms with E-state index in [0.717, 1.165) is 22.5 Å². The van der Waals surface area contributed by atoms with Crippen LogP contribution in [0.3, 0.4) is 0 Å². The molecule has 8 heterocycles. The molecule has 0 fully saturated rings. The number of anilines is 4. The molecule has 336 valence electrons. The molecule has 0 spiro atoms. The van der Waals surface area contributed by atoms with E-state index in [4.69, 9.17) is 22.9 Å². The summed E-state index contributed by atoms with van der Waals surface area (Å²) >= 11 is 0. The van der Waals surface area contributed by atoms with Crippen molar-refractivity contribution in [2.24, 2.45) is 0 Å². The van der Waals surface area contributed by atoms with Crippen molar-refractivity contribution >= 4 is 57.0 Å². The minimum atomic E-state index is -0.355. The van der Waals surface area contributed by atoms with Gasteiger partial charge in [0.15, 0.2) is 28.3 Å². The second-order valence-corrected chi connectivity index (χ2v) is 15.4. The van der Waals surface area contributed by atoms with Crippen molar-refractivity contribution in [1.29, 1.82) is 0 Å². The third-order valence-electron chi connectivity index (χ3n) is 8.94. The van der Waals surface area contributed by atoms with E-state index in [9.17, 15) is 19.2 Å². The van der Waals surface area contributed by atoms with Gasteiger partial charge < -0.3 is 36.6 Å². The molecule has 24 nitrogen and oxygen atoms in total. The van der Waals surface area contributed by atoms with Crippen molar-refractivity contribution in [3.63, 3.8) is 0 Å². The number of aryl methyl sites for hydroxylation is 1. The van der Waals surface area contributed by atoms with Crippen LogP contribution in [0, 0.1) is 6.92 Å². The zero-order valence-corrected chi connectivity index (χ0v) is 37.2. The smallest absolute Gasteiger partial charge is 0.349 e. The average Bonchev–Trinajstić information content (AvgIpc) is 3.94. The van der Waals surface area contributed by atoms with E-state index in [1.807, 2.05) is 57.6 Å². The first-order valence-electron chi connectivity index (χ1n) is 19.9. The van der Waals surface area contributed by atoms with Gasteiger partial charge in [0.1, 0.15) is 23.2 Å². The lowest BCUT2D eigenvalue weighted by atomic mass is 10.3. The molecule has 0 aliphatic carbocycles. The summed E-state index contributed by atoms with van der Waals surface area (Å²) in [6, 6.07) is 4.03. The van der Waals surface area contributed by atoms with Crippen LogP contribution in [0.15, 0.2) is 69.0 Å². The number of H-pyrrole nitrogens is 2. The lowest BCUT2D eigenvalue weighted by Gasteiger charge is -2.07. The highest BCUT2D eigenvalue weighted by Gasteiger charge is 2.12. The molecule has 0 amide bonds. The second kappa shape index (κ2) is 20.7. The van der Waals surface area contributed by atoms with Gasteiger partial charge in [0.2, 0.25) is 11.9 Å². The van der Waals surface area contributed by atoms with Crippen LogP contribution in [0.5, 0.6) is 0 Å². The molecule has 8 rings (SSSR count). The van der Waals surface area contributed by atoms with E-state index in [1.165, 1.54) is 27.7 Å². The number of aromatic nitrogens is 16. The summed E-state index contributed by atoms with van der Waals surface area (Å²) < 4.78 is 8.74. The summed E-state index contributed by atoms with van der Waals surface area (Å²) in [5, 5.41) is 0. The summed E-state index contributed by atoms with van der Waals surface area (Å²) in [4.78, 5) is 84.9. The first-order valence-corrected chi connectivity index (χ1v) is 19.9. The van der Waals surface area contributed by atoms with E-state index >= 15 is 0 Å². The summed E-state index contributed by atoms with van der Waals surface area (Å²) in [6.07, 6.45) is 9.70. The van der Waals surface area contributed by atoms with Crippen LogP contribution in [0.25, 0.3) is 33.5 Å². The molecular formula is C39H56N20O4. The predicted octanol–water partition coefficient (Wildman–Crippen LogP) is 3.09. The molecule has 0 aliphatic heterocycles. The summed E-state index contributed by atoms with van der Waals surface area (Å²) in [7, 11) is 0. The molecule has 0 aromatic carbocycles. The van der Waals surface area contributed by atoms with Gasteiger partial charge in [-0.15, -0.1) is 0 Å². The van der Waals surface area contributed by atoms with Crippen LogP contribution in [-0.2, 0) is 0 Å². The Balaban J connectivity index is 0.000000174. The molecule has 0 atom stereocenters. The van der Waals surface area contributed by atoms with Crippen molar-refractivity contribution in [2.75, 3.05) is 22.9 Å². The number of nitrogens with two attached hydrogens (primary N) is 4. The van der Waals surface area contributed by atoms with Crippen LogP contribution in [-0.4, -0.2) is 77.7 Å². The highest BCUT2D eigenvalue weighted by atomic mass is 16.2. The lowest BCUT2D eigenvalue weighted by Crippen LogP contribution is -2.29. The Labute approximate surface area is 360 Å². The monoisotopic (exact) mass is 868 g/mol.